The first-order valence-corrected chi connectivity index (χ1v) is 7.37. The predicted octanol–water partition coefficient (Wildman–Crippen LogP) is 4.42. The van der Waals surface area contributed by atoms with Crippen molar-refractivity contribution in [1.82, 2.24) is 9.38 Å². The molecule has 3 nitrogen and oxygen atoms in total. The van der Waals surface area contributed by atoms with Gasteiger partial charge in [0.2, 0.25) is 0 Å². The van der Waals surface area contributed by atoms with E-state index in [1.54, 1.807) is 23.5 Å². The quantitative estimate of drug-likeness (QED) is 0.776. The van der Waals surface area contributed by atoms with E-state index < -0.39 is 0 Å². The van der Waals surface area contributed by atoms with Crippen molar-refractivity contribution in [3.8, 4) is 0 Å². The number of nitrogens with one attached hydrogen (secondary N) is 1. The molecule has 1 aromatic carbocycles. The van der Waals surface area contributed by atoms with Crippen LogP contribution in [0.1, 0.15) is 16.3 Å². The molecule has 3 aromatic rings. The Hall–Kier alpha value is -1.59. The Morgan fingerprint density at radius 2 is 2.20 bits per heavy atom. The molecule has 0 fully saturated rings. The number of imidazole rings is 1. The predicted molar refractivity (Wildman–Crippen MR) is 81.3 cm³/mol. The number of aromatic nitrogens is 2. The average Bonchev–Trinajstić information content (AvgIpc) is 2.85. The van der Waals surface area contributed by atoms with Gasteiger partial charge in [-0.3, -0.25) is 4.40 Å². The van der Waals surface area contributed by atoms with Crippen LogP contribution in [0.2, 0.25) is 5.02 Å². The first kappa shape index (κ1) is 13.4. The molecular weight excluding hydrogens is 297 g/mol. The molecular formula is C14H13ClFN3S. The van der Waals surface area contributed by atoms with Crippen molar-refractivity contribution < 1.29 is 4.39 Å². The van der Waals surface area contributed by atoms with Gasteiger partial charge < -0.3 is 5.32 Å². The zero-order valence-electron chi connectivity index (χ0n) is 11.1. The molecule has 0 unspecified atom stereocenters. The fourth-order valence-electron chi connectivity index (χ4n) is 2.16. The summed E-state index contributed by atoms with van der Waals surface area (Å²) in [4.78, 5) is 6.65. The number of para-hydroxylation sites is 1. The topological polar surface area (TPSA) is 29.3 Å². The van der Waals surface area contributed by atoms with Crippen LogP contribution in [0.5, 0.6) is 0 Å². The Morgan fingerprint density at radius 1 is 1.40 bits per heavy atom. The summed E-state index contributed by atoms with van der Waals surface area (Å²) >= 11 is 7.65. The second-order valence-electron chi connectivity index (χ2n) is 4.59. The first-order valence-electron chi connectivity index (χ1n) is 6.18. The summed E-state index contributed by atoms with van der Waals surface area (Å²) in [5, 5.41) is 3.44. The van der Waals surface area contributed by atoms with Crippen LogP contribution in [0.4, 0.5) is 10.1 Å². The van der Waals surface area contributed by atoms with Gasteiger partial charge in [0.15, 0.2) is 4.96 Å². The molecule has 0 saturated heterocycles. The van der Waals surface area contributed by atoms with Gasteiger partial charge >= 0.3 is 0 Å². The fraction of sp³-hybridized carbons (Fsp3) is 0.214. The molecule has 0 atom stereocenters. The second-order valence-corrected chi connectivity index (χ2v) is 6.21. The van der Waals surface area contributed by atoms with Gasteiger partial charge in [-0.1, -0.05) is 17.7 Å². The lowest BCUT2D eigenvalue weighted by Gasteiger charge is -2.09. The molecule has 0 saturated carbocycles. The van der Waals surface area contributed by atoms with Crippen molar-refractivity contribution >= 4 is 33.6 Å². The minimum Gasteiger partial charge on any atom is -0.376 e. The molecule has 0 aliphatic heterocycles. The molecule has 0 radical (unpaired) electrons. The molecule has 0 amide bonds. The molecule has 1 N–H and O–H groups in total. The van der Waals surface area contributed by atoms with Crippen LogP contribution in [-0.4, -0.2) is 9.38 Å². The van der Waals surface area contributed by atoms with E-state index in [0.717, 1.165) is 16.3 Å². The highest BCUT2D eigenvalue weighted by Gasteiger charge is 2.12. The van der Waals surface area contributed by atoms with Gasteiger partial charge in [0, 0.05) is 11.1 Å². The van der Waals surface area contributed by atoms with E-state index in [0.29, 0.717) is 17.3 Å². The van der Waals surface area contributed by atoms with Gasteiger partial charge in [0.25, 0.3) is 0 Å². The minimum atomic E-state index is -0.350. The summed E-state index contributed by atoms with van der Waals surface area (Å²) in [6, 6.07) is 4.65. The lowest BCUT2D eigenvalue weighted by atomic mass is 10.3. The lowest BCUT2D eigenvalue weighted by molar-refractivity contribution is 0.630. The molecule has 104 valence electrons. The first-order chi connectivity index (χ1) is 9.56. The highest BCUT2D eigenvalue weighted by Crippen LogP contribution is 2.26. The van der Waals surface area contributed by atoms with Crippen molar-refractivity contribution in [2.45, 2.75) is 20.4 Å². The van der Waals surface area contributed by atoms with Crippen molar-refractivity contribution in [1.29, 1.82) is 0 Å². The van der Waals surface area contributed by atoms with Gasteiger partial charge in [-0.25, -0.2) is 9.37 Å². The summed E-state index contributed by atoms with van der Waals surface area (Å²) in [6.45, 7) is 4.47. The number of benzene rings is 1. The van der Waals surface area contributed by atoms with E-state index in [1.165, 1.54) is 10.9 Å². The van der Waals surface area contributed by atoms with E-state index in [9.17, 15) is 4.39 Å². The number of fused-ring (bicyclic) bond motifs is 1. The Labute approximate surface area is 125 Å². The molecule has 3 rings (SSSR count). The standard InChI is InChI=1S/C14H13ClFN3S/c1-8-7-19-12(9(2)18-14(19)20-8)6-17-13-10(15)4-3-5-11(13)16/h3-5,7,17H,6H2,1-2H3. The number of halogens is 2. The third kappa shape index (κ3) is 2.27. The van der Waals surface area contributed by atoms with E-state index in [4.69, 9.17) is 11.6 Å². The highest BCUT2D eigenvalue weighted by molar-refractivity contribution is 7.17. The maximum atomic E-state index is 13.7. The van der Waals surface area contributed by atoms with Crippen molar-refractivity contribution in [3.05, 3.63) is 51.5 Å². The van der Waals surface area contributed by atoms with Crippen LogP contribution in [0.15, 0.2) is 24.4 Å². The monoisotopic (exact) mass is 309 g/mol. The van der Waals surface area contributed by atoms with Crippen LogP contribution < -0.4 is 5.32 Å². The molecule has 2 aromatic heterocycles. The largest absolute Gasteiger partial charge is 0.376 e. The third-order valence-electron chi connectivity index (χ3n) is 3.14. The van der Waals surface area contributed by atoms with Crippen LogP contribution in [0.25, 0.3) is 4.96 Å². The zero-order valence-corrected chi connectivity index (χ0v) is 12.6. The Bertz CT molecular complexity index is 758. The van der Waals surface area contributed by atoms with E-state index >= 15 is 0 Å². The van der Waals surface area contributed by atoms with Crippen LogP contribution in [0, 0.1) is 19.7 Å². The van der Waals surface area contributed by atoms with Crippen molar-refractivity contribution in [2.75, 3.05) is 5.32 Å². The highest BCUT2D eigenvalue weighted by atomic mass is 35.5. The van der Waals surface area contributed by atoms with Gasteiger partial charge in [-0.05, 0) is 26.0 Å². The summed E-state index contributed by atoms with van der Waals surface area (Å²) in [5.41, 5.74) is 2.29. The lowest BCUT2D eigenvalue weighted by Crippen LogP contribution is -2.05. The van der Waals surface area contributed by atoms with Crippen molar-refractivity contribution in [2.24, 2.45) is 0 Å². The van der Waals surface area contributed by atoms with Gasteiger partial charge in [-0.15, -0.1) is 11.3 Å². The summed E-state index contributed by atoms with van der Waals surface area (Å²) < 4.78 is 15.8. The zero-order chi connectivity index (χ0) is 14.3. The molecule has 0 aliphatic carbocycles. The Balaban J connectivity index is 1.92. The molecule has 0 bridgehead atoms. The Kier molecular flexibility index (Phi) is 3.40. The van der Waals surface area contributed by atoms with Gasteiger partial charge in [0.05, 0.1) is 28.6 Å². The number of rotatable bonds is 3. The average molecular weight is 310 g/mol. The number of aryl methyl sites for hydroxylation is 2. The summed E-state index contributed by atoms with van der Waals surface area (Å²) in [5.74, 6) is -0.350. The number of nitrogens with zero attached hydrogens (tertiary/aromatic N) is 2. The van der Waals surface area contributed by atoms with Crippen LogP contribution in [0.3, 0.4) is 0 Å². The molecule has 6 heteroatoms. The normalized spacial score (nSPS) is 11.2. The minimum absolute atomic E-state index is 0.329. The number of anilines is 1. The van der Waals surface area contributed by atoms with Crippen LogP contribution >= 0.6 is 22.9 Å². The maximum absolute atomic E-state index is 13.7. The van der Waals surface area contributed by atoms with E-state index in [-0.39, 0.29) is 5.82 Å². The number of hydrogen-bond acceptors (Lipinski definition) is 3. The fourth-order valence-corrected chi connectivity index (χ4v) is 3.28. The molecule has 20 heavy (non-hydrogen) atoms. The molecule has 0 spiro atoms. The molecule has 0 aliphatic rings. The number of hydrogen-bond donors (Lipinski definition) is 1. The van der Waals surface area contributed by atoms with Gasteiger partial charge in [0.1, 0.15) is 5.82 Å². The second kappa shape index (κ2) is 5.07. The van der Waals surface area contributed by atoms with E-state index in [1.807, 2.05) is 24.4 Å². The summed E-state index contributed by atoms with van der Waals surface area (Å²) in [7, 11) is 0. The third-order valence-corrected chi connectivity index (χ3v) is 4.35. The van der Waals surface area contributed by atoms with Gasteiger partial charge in [-0.2, -0.15) is 0 Å². The molecule has 2 heterocycles. The SMILES string of the molecule is Cc1cn2c(CNc3c(F)cccc3Cl)c(C)nc2s1. The maximum Gasteiger partial charge on any atom is 0.194 e. The van der Waals surface area contributed by atoms with Crippen molar-refractivity contribution in [3.63, 3.8) is 0 Å². The number of thiazole rings is 1. The Morgan fingerprint density at radius 3 is 2.95 bits per heavy atom. The smallest absolute Gasteiger partial charge is 0.194 e. The van der Waals surface area contributed by atoms with Crippen LogP contribution in [-0.2, 0) is 6.54 Å². The van der Waals surface area contributed by atoms with E-state index in [2.05, 4.69) is 10.3 Å². The summed E-state index contributed by atoms with van der Waals surface area (Å²) in [6.07, 6.45) is 2.04.